The number of hydrogen-bond acceptors (Lipinski definition) is 3. The molecule has 1 rings (SSSR count). The molecule has 4 heteroatoms. The van der Waals surface area contributed by atoms with Gasteiger partial charge in [0.2, 0.25) is 5.91 Å². The number of benzene rings is 1. The molecule has 0 aromatic heterocycles. The van der Waals surface area contributed by atoms with E-state index in [-0.39, 0.29) is 5.91 Å². The standard InChI is InChI=1S/C15H24N2O2/c1-5-12-8-9-14(19-4)13(11-12)17(3)15(18)7-6-10-16-2/h8-9,11,16H,5-7,10H2,1-4H3. The van der Waals surface area contributed by atoms with Crippen LogP contribution in [0.15, 0.2) is 18.2 Å². The van der Waals surface area contributed by atoms with Crippen LogP contribution in [0.2, 0.25) is 0 Å². The van der Waals surface area contributed by atoms with E-state index < -0.39 is 0 Å². The minimum Gasteiger partial charge on any atom is -0.495 e. The molecule has 19 heavy (non-hydrogen) atoms. The molecule has 0 atom stereocenters. The van der Waals surface area contributed by atoms with Crippen LogP contribution in [0.5, 0.6) is 5.75 Å². The Balaban J connectivity index is 2.84. The van der Waals surface area contributed by atoms with Crippen molar-refractivity contribution in [3.63, 3.8) is 0 Å². The summed E-state index contributed by atoms with van der Waals surface area (Å²) in [7, 11) is 5.32. The molecule has 0 spiro atoms. The molecule has 0 heterocycles. The van der Waals surface area contributed by atoms with E-state index in [0.29, 0.717) is 6.42 Å². The van der Waals surface area contributed by atoms with Crippen molar-refractivity contribution < 1.29 is 9.53 Å². The maximum atomic E-state index is 12.1. The number of aryl methyl sites for hydroxylation is 1. The molecule has 0 aliphatic heterocycles. The van der Waals surface area contributed by atoms with E-state index in [1.807, 2.05) is 25.2 Å². The molecule has 0 aliphatic rings. The van der Waals surface area contributed by atoms with Gasteiger partial charge >= 0.3 is 0 Å². The Morgan fingerprint density at radius 3 is 2.74 bits per heavy atom. The molecule has 1 aromatic rings. The molecule has 0 aliphatic carbocycles. The fourth-order valence-electron chi connectivity index (χ4n) is 1.94. The Morgan fingerprint density at radius 1 is 1.42 bits per heavy atom. The Bertz CT molecular complexity index is 419. The molecule has 1 N–H and O–H groups in total. The maximum Gasteiger partial charge on any atom is 0.226 e. The van der Waals surface area contributed by atoms with Crippen LogP contribution in [0.3, 0.4) is 0 Å². The Labute approximate surface area is 115 Å². The summed E-state index contributed by atoms with van der Waals surface area (Å²) in [5.41, 5.74) is 2.04. The minimum atomic E-state index is 0.113. The van der Waals surface area contributed by atoms with E-state index in [9.17, 15) is 4.79 Å². The van der Waals surface area contributed by atoms with Crippen LogP contribution in [0.1, 0.15) is 25.3 Å². The third-order valence-corrected chi connectivity index (χ3v) is 3.20. The monoisotopic (exact) mass is 264 g/mol. The zero-order valence-corrected chi connectivity index (χ0v) is 12.3. The predicted octanol–water partition coefficient (Wildman–Crippen LogP) is 2.22. The number of methoxy groups -OCH3 is 1. The van der Waals surface area contributed by atoms with E-state index in [0.717, 1.165) is 30.8 Å². The highest BCUT2D eigenvalue weighted by atomic mass is 16.5. The minimum absolute atomic E-state index is 0.113. The molecule has 1 aromatic carbocycles. The average molecular weight is 264 g/mol. The normalized spacial score (nSPS) is 10.3. The van der Waals surface area contributed by atoms with Gasteiger partial charge in [0.1, 0.15) is 5.75 Å². The van der Waals surface area contributed by atoms with Gasteiger partial charge in [-0.25, -0.2) is 0 Å². The van der Waals surface area contributed by atoms with Gasteiger partial charge in [0.05, 0.1) is 12.8 Å². The predicted molar refractivity (Wildman–Crippen MR) is 78.9 cm³/mol. The van der Waals surface area contributed by atoms with Gasteiger partial charge in [-0.05, 0) is 44.1 Å². The molecule has 4 nitrogen and oxygen atoms in total. The third kappa shape index (κ3) is 4.24. The van der Waals surface area contributed by atoms with Crippen molar-refractivity contribution in [2.45, 2.75) is 26.2 Å². The van der Waals surface area contributed by atoms with Crippen LogP contribution < -0.4 is 15.0 Å². The number of rotatable bonds is 7. The number of hydrogen-bond donors (Lipinski definition) is 1. The van der Waals surface area contributed by atoms with Gasteiger partial charge in [0.25, 0.3) is 0 Å². The zero-order valence-electron chi connectivity index (χ0n) is 12.3. The zero-order chi connectivity index (χ0) is 14.3. The Hall–Kier alpha value is -1.55. The van der Waals surface area contributed by atoms with Crippen LogP contribution in [0.4, 0.5) is 5.69 Å². The van der Waals surface area contributed by atoms with Crippen molar-refractivity contribution in [3.05, 3.63) is 23.8 Å². The van der Waals surface area contributed by atoms with E-state index >= 15 is 0 Å². The highest BCUT2D eigenvalue weighted by molar-refractivity contribution is 5.94. The molecule has 0 fully saturated rings. The second kappa shape index (κ2) is 7.79. The summed E-state index contributed by atoms with van der Waals surface area (Å²) >= 11 is 0. The summed E-state index contributed by atoms with van der Waals surface area (Å²) in [6, 6.07) is 5.97. The maximum absolute atomic E-state index is 12.1. The summed E-state index contributed by atoms with van der Waals surface area (Å²) in [6.45, 7) is 2.95. The molecule has 0 unspecified atom stereocenters. The topological polar surface area (TPSA) is 41.6 Å². The van der Waals surface area contributed by atoms with Gasteiger partial charge in [0, 0.05) is 13.5 Å². The largest absolute Gasteiger partial charge is 0.495 e. The first-order valence-corrected chi connectivity index (χ1v) is 6.72. The third-order valence-electron chi connectivity index (χ3n) is 3.20. The van der Waals surface area contributed by atoms with Crippen molar-refractivity contribution in [1.29, 1.82) is 0 Å². The first-order chi connectivity index (χ1) is 9.13. The molecule has 0 bridgehead atoms. The van der Waals surface area contributed by atoms with Crippen molar-refractivity contribution >= 4 is 11.6 Å². The van der Waals surface area contributed by atoms with Gasteiger partial charge in [-0.15, -0.1) is 0 Å². The van der Waals surface area contributed by atoms with Crippen molar-refractivity contribution in [2.75, 3.05) is 32.6 Å². The van der Waals surface area contributed by atoms with E-state index in [1.165, 1.54) is 5.56 Å². The number of carbonyl (C=O) groups is 1. The van der Waals surface area contributed by atoms with Crippen LogP contribution in [0, 0.1) is 0 Å². The molecule has 0 saturated heterocycles. The number of anilines is 1. The van der Waals surface area contributed by atoms with Gasteiger partial charge in [0.15, 0.2) is 0 Å². The van der Waals surface area contributed by atoms with Crippen LogP contribution in [-0.4, -0.2) is 33.7 Å². The lowest BCUT2D eigenvalue weighted by molar-refractivity contribution is -0.118. The average Bonchev–Trinajstić information content (AvgIpc) is 2.45. The second-order valence-electron chi connectivity index (χ2n) is 4.52. The Kier molecular flexibility index (Phi) is 6.36. The second-order valence-corrected chi connectivity index (χ2v) is 4.52. The number of nitrogens with one attached hydrogen (secondary N) is 1. The summed E-state index contributed by atoms with van der Waals surface area (Å²) in [5, 5.41) is 3.05. The molecular weight excluding hydrogens is 240 g/mol. The van der Waals surface area contributed by atoms with Crippen LogP contribution in [-0.2, 0) is 11.2 Å². The molecule has 1 amide bonds. The Morgan fingerprint density at radius 2 is 2.16 bits per heavy atom. The van der Waals surface area contributed by atoms with E-state index in [1.54, 1.807) is 19.1 Å². The summed E-state index contributed by atoms with van der Waals surface area (Å²) in [5.74, 6) is 0.850. The van der Waals surface area contributed by atoms with Gasteiger partial charge < -0.3 is 15.0 Å². The quantitative estimate of drug-likeness (QED) is 0.768. The smallest absolute Gasteiger partial charge is 0.226 e. The molecule has 0 saturated carbocycles. The number of amides is 1. The van der Waals surface area contributed by atoms with E-state index in [2.05, 4.69) is 12.2 Å². The molecule has 0 radical (unpaired) electrons. The number of nitrogens with zero attached hydrogens (tertiary/aromatic N) is 1. The van der Waals surface area contributed by atoms with Gasteiger partial charge in [-0.1, -0.05) is 13.0 Å². The number of carbonyl (C=O) groups excluding carboxylic acids is 1. The van der Waals surface area contributed by atoms with Gasteiger partial charge in [-0.2, -0.15) is 0 Å². The summed E-state index contributed by atoms with van der Waals surface area (Å²) in [4.78, 5) is 13.8. The van der Waals surface area contributed by atoms with Gasteiger partial charge in [-0.3, -0.25) is 4.79 Å². The fraction of sp³-hybridized carbons (Fsp3) is 0.533. The van der Waals surface area contributed by atoms with Crippen molar-refractivity contribution in [2.24, 2.45) is 0 Å². The van der Waals surface area contributed by atoms with Crippen molar-refractivity contribution in [1.82, 2.24) is 5.32 Å². The first kappa shape index (κ1) is 15.5. The molecular formula is C15H24N2O2. The number of ether oxygens (including phenoxy) is 1. The van der Waals surface area contributed by atoms with Crippen molar-refractivity contribution in [3.8, 4) is 5.75 Å². The van der Waals surface area contributed by atoms with Crippen LogP contribution >= 0.6 is 0 Å². The molecule has 106 valence electrons. The van der Waals surface area contributed by atoms with Crippen LogP contribution in [0.25, 0.3) is 0 Å². The lowest BCUT2D eigenvalue weighted by Crippen LogP contribution is -2.27. The lowest BCUT2D eigenvalue weighted by Gasteiger charge is -2.21. The summed E-state index contributed by atoms with van der Waals surface area (Å²) < 4.78 is 5.34. The highest BCUT2D eigenvalue weighted by Gasteiger charge is 2.15. The van der Waals surface area contributed by atoms with E-state index in [4.69, 9.17) is 4.74 Å². The SMILES string of the molecule is CCc1ccc(OC)c(N(C)C(=O)CCCNC)c1. The highest BCUT2D eigenvalue weighted by Crippen LogP contribution is 2.29. The summed E-state index contributed by atoms with van der Waals surface area (Å²) in [6.07, 6.45) is 2.32. The first-order valence-electron chi connectivity index (χ1n) is 6.72. The lowest BCUT2D eigenvalue weighted by atomic mass is 10.1. The fourth-order valence-corrected chi connectivity index (χ4v) is 1.94.